The SMILES string of the molecule is CN(C)CCOc1ccc(-c2ccc(Cl)cc2)c(CN2CCN(c3ccc(C(=O)NS(=O)(=O)c4ccc(NN5CCN(C)CC5)c([N+](=O)[O-])c4)c(Oc4cccc5[nH]ccc45)c3)CC2)c1. The number of fused-ring (bicyclic) bond motifs is 1. The third kappa shape index (κ3) is 11.0. The number of anilines is 2. The van der Waals surface area contributed by atoms with Gasteiger partial charge in [0.25, 0.3) is 21.6 Å². The first-order valence-corrected chi connectivity index (χ1v) is 23.2. The molecule has 6 aromatic rings. The number of nitrogens with zero attached hydrogens (tertiary/aromatic N) is 6. The van der Waals surface area contributed by atoms with Crippen molar-refractivity contribution >= 4 is 55.5 Å². The molecule has 1 amide bonds. The minimum Gasteiger partial charge on any atom is -0.492 e. The van der Waals surface area contributed by atoms with E-state index in [2.05, 4.69) is 46.9 Å². The molecule has 18 heteroatoms. The van der Waals surface area contributed by atoms with E-state index in [1.807, 2.05) is 74.7 Å². The quantitative estimate of drug-likeness (QED) is 0.0662. The van der Waals surface area contributed by atoms with Crippen molar-refractivity contribution in [2.75, 3.05) is 97.0 Å². The van der Waals surface area contributed by atoms with Gasteiger partial charge in [0, 0.05) is 105 Å². The average molecular weight is 923 g/mol. The number of likely N-dealkylation sites (N-methyl/N-ethyl adjacent to an activating group) is 2. The molecule has 0 atom stereocenters. The van der Waals surface area contributed by atoms with Gasteiger partial charge in [-0.25, -0.2) is 18.1 Å². The van der Waals surface area contributed by atoms with E-state index in [-0.39, 0.29) is 17.0 Å². The summed E-state index contributed by atoms with van der Waals surface area (Å²) in [4.78, 5) is 37.1. The Labute approximate surface area is 383 Å². The van der Waals surface area contributed by atoms with Gasteiger partial charge in [-0.05, 0) is 105 Å². The topological polar surface area (TPSA) is 169 Å². The van der Waals surface area contributed by atoms with Gasteiger partial charge in [-0.1, -0.05) is 35.9 Å². The number of ether oxygens (including phenoxy) is 2. The predicted molar refractivity (Wildman–Crippen MR) is 254 cm³/mol. The standard InChI is InChI=1S/C47H52ClN9O7S/c1-52(2)27-28-63-37-12-15-39(33-7-9-35(48)10-8-33)34(29-37)32-54-21-23-55(24-22-54)36-11-14-41(46(30-36)64-45-6-4-5-42-40(45)17-18-49-42)47(58)51-65(61,62)38-13-16-43(44(31-38)57(59)60)50-56-25-19-53(3)20-26-56/h4-18,29-31,49-50H,19-28,32H2,1-3H3,(H,51,58). The van der Waals surface area contributed by atoms with Crippen LogP contribution in [0.1, 0.15) is 15.9 Å². The fraction of sp³-hybridized carbons (Fsp3) is 0.298. The van der Waals surface area contributed by atoms with Gasteiger partial charge in [0.1, 0.15) is 29.5 Å². The van der Waals surface area contributed by atoms with E-state index < -0.39 is 31.4 Å². The Morgan fingerprint density at radius 3 is 2.38 bits per heavy atom. The second kappa shape index (κ2) is 19.9. The van der Waals surface area contributed by atoms with Crippen molar-refractivity contribution < 1.29 is 27.6 Å². The third-order valence-corrected chi connectivity index (χ3v) is 13.2. The lowest BCUT2D eigenvalue weighted by Gasteiger charge is -2.36. The number of nitro groups is 1. The molecule has 2 aliphatic heterocycles. The molecule has 0 radical (unpaired) electrons. The Balaban J connectivity index is 1.01. The first kappa shape index (κ1) is 45.4. The molecule has 0 saturated carbocycles. The Bertz CT molecular complexity index is 2770. The van der Waals surface area contributed by atoms with Crippen molar-refractivity contribution in [1.29, 1.82) is 0 Å². The smallest absolute Gasteiger partial charge is 0.295 e. The number of benzene rings is 5. The highest BCUT2D eigenvalue weighted by atomic mass is 35.5. The lowest BCUT2D eigenvalue weighted by molar-refractivity contribution is -0.384. The Morgan fingerprint density at radius 1 is 0.877 bits per heavy atom. The third-order valence-electron chi connectivity index (χ3n) is 11.6. The van der Waals surface area contributed by atoms with Gasteiger partial charge in [-0.3, -0.25) is 19.8 Å². The molecular formula is C47H52ClN9O7S. The molecule has 0 unspecified atom stereocenters. The number of nitro benzene ring substituents is 1. The Kier molecular flexibility index (Phi) is 13.9. The first-order chi connectivity index (χ1) is 31.3. The van der Waals surface area contributed by atoms with Crippen molar-refractivity contribution in [3.05, 3.63) is 136 Å². The van der Waals surface area contributed by atoms with Crippen LogP contribution in [0, 0.1) is 10.1 Å². The molecule has 16 nitrogen and oxygen atoms in total. The maximum Gasteiger partial charge on any atom is 0.295 e. The van der Waals surface area contributed by atoms with E-state index in [9.17, 15) is 23.3 Å². The van der Waals surface area contributed by atoms with Gasteiger partial charge in [-0.2, -0.15) is 0 Å². The fourth-order valence-corrected chi connectivity index (χ4v) is 9.06. The molecule has 0 bridgehead atoms. The van der Waals surface area contributed by atoms with Gasteiger partial charge < -0.3 is 34.6 Å². The van der Waals surface area contributed by atoms with Crippen molar-refractivity contribution in [2.24, 2.45) is 0 Å². The number of carbonyl (C=O) groups excluding carboxylic acids is 1. The van der Waals surface area contributed by atoms with Crippen LogP contribution in [0.15, 0.2) is 114 Å². The molecule has 5 aromatic carbocycles. The second-order valence-corrected chi connectivity index (χ2v) is 18.6. The van der Waals surface area contributed by atoms with Crippen LogP contribution in [0.5, 0.6) is 17.2 Å². The monoisotopic (exact) mass is 921 g/mol. The summed E-state index contributed by atoms with van der Waals surface area (Å²) in [5, 5.41) is 15.4. The predicted octanol–water partition coefficient (Wildman–Crippen LogP) is 7.14. The molecule has 2 aliphatic rings. The molecule has 2 fully saturated rings. The maximum absolute atomic E-state index is 14.0. The highest BCUT2D eigenvalue weighted by Gasteiger charge is 2.28. The Morgan fingerprint density at radius 2 is 1.65 bits per heavy atom. The van der Waals surface area contributed by atoms with Crippen LogP contribution in [0.2, 0.25) is 5.02 Å². The molecule has 3 N–H and O–H groups in total. The molecule has 8 rings (SSSR count). The number of hydrazine groups is 1. The van der Waals surface area contributed by atoms with Gasteiger partial charge >= 0.3 is 0 Å². The number of amides is 1. The summed E-state index contributed by atoms with van der Waals surface area (Å²) >= 11 is 6.24. The zero-order chi connectivity index (χ0) is 45.7. The summed E-state index contributed by atoms with van der Waals surface area (Å²) in [5.41, 5.74) is 7.64. The van der Waals surface area contributed by atoms with Gasteiger partial charge in [-0.15, -0.1) is 0 Å². The van der Waals surface area contributed by atoms with Crippen LogP contribution in [0.3, 0.4) is 0 Å². The summed E-state index contributed by atoms with van der Waals surface area (Å²) in [5.74, 6) is 0.462. The second-order valence-electron chi connectivity index (χ2n) is 16.5. The Hall–Kier alpha value is -6.21. The van der Waals surface area contributed by atoms with E-state index in [1.165, 1.54) is 12.1 Å². The van der Waals surface area contributed by atoms with Crippen molar-refractivity contribution in [2.45, 2.75) is 11.4 Å². The molecular weight excluding hydrogens is 870 g/mol. The van der Waals surface area contributed by atoms with E-state index in [0.29, 0.717) is 50.1 Å². The summed E-state index contributed by atoms with van der Waals surface area (Å²) in [7, 11) is 1.45. The van der Waals surface area contributed by atoms with E-state index in [4.69, 9.17) is 21.1 Å². The maximum atomic E-state index is 14.0. The average Bonchev–Trinajstić information content (AvgIpc) is 3.78. The summed E-state index contributed by atoms with van der Waals surface area (Å²) in [6.45, 7) is 7.64. The molecule has 2 saturated heterocycles. The number of piperazine rings is 2. The van der Waals surface area contributed by atoms with Crippen LogP contribution in [-0.2, 0) is 16.6 Å². The van der Waals surface area contributed by atoms with Crippen molar-refractivity contribution in [3.8, 4) is 28.4 Å². The number of hydrogen-bond donors (Lipinski definition) is 3. The van der Waals surface area contributed by atoms with E-state index in [1.54, 1.807) is 30.5 Å². The van der Waals surface area contributed by atoms with Crippen LogP contribution >= 0.6 is 11.6 Å². The number of aromatic amines is 1. The molecule has 3 heterocycles. The summed E-state index contributed by atoms with van der Waals surface area (Å²) < 4.78 is 42.3. The molecule has 65 heavy (non-hydrogen) atoms. The van der Waals surface area contributed by atoms with Gasteiger partial charge in [0.15, 0.2) is 0 Å². The lowest BCUT2D eigenvalue weighted by Crippen LogP contribution is -2.47. The van der Waals surface area contributed by atoms with E-state index >= 15 is 0 Å². The normalized spacial score (nSPS) is 15.3. The molecule has 340 valence electrons. The van der Waals surface area contributed by atoms with Crippen LogP contribution < -0.4 is 24.5 Å². The van der Waals surface area contributed by atoms with Crippen molar-refractivity contribution in [3.63, 3.8) is 0 Å². The number of rotatable bonds is 16. The number of sulfonamides is 1. The minimum atomic E-state index is -4.58. The van der Waals surface area contributed by atoms with Crippen LogP contribution in [0.4, 0.5) is 17.1 Å². The number of halogens is 1. The van der Waals surface area contributed by atoms with Crippen LogP contribution in [0.25, 0.3) is 22.0 Å². The lowest BCUT2D eigenvalue weighted by atomic mass is 9.98. The molecule has 0 spiro atoms. The zero-order valence-electron chi connectivity index (χ0n) is 36.5. The number of hydrogen-bond acceptors (Lipinski definition) is 13. The van der Waals surface area contributed by atoms with Gasteiger partial charge in [0.2, 0.25) is 0 Å². The highest BCUT2D eigenvalue weighted by molar-refractivity contribution is 7.90. The number of nitrogens with one attached hydrogen (secondary N) is 3. The number of carbonyl (C=O) groups is 1. The zero-order valence-corrected chi connectivity index (χ0v) is 38.1. The molecule has 0 aliphatic carbocycles. The largest absolute Gasteiger partial charge is 0.492 e. The summed E-state index contributed by atoms with van der Waals surface area (Å²) in [6, 6.07) is 30.0. The van der Waals surface area contributed by atoms with Crippen LogP contribution in [-0.4, -0.2) is 131 Å². The number of aromatic nitrogens is 1. The fourth-order valence-electron chi connectivity index (χ4n) is 7.95. The highest BCUT2D eigenvalue weighted by Crippen LogP contribution is 2.36. The first-order valence-electron chi connectivity index (χ1n) is 21.4. The van der Waals surface area contributed by atoms with Gasteiger partial charge in [0.05, 0.1) is 15.4 Å². The number of H-pyrrole nitrogens is 1. The molecule has 1 aromatic heterocycles. The summed E-state index contributed by atoms with van der Waals surface area (Å²) in [6.07, 6.45) is 1.78. The van der Waals surface area contributed by atoms with Crippen molar-refractivity contribution in [1.82, 2.24) is 29.4 Å². The minimum absolute atomic E-state index is 0.0336. The van der Waals surface area contributed by atoms with E-state index in [0.717, 1.165) is 77.8 Å².